The molecule has 0 aliphatic carbocycles. The molecule has 202 valence electrons. The molecular weight excluding hydrogens is 488 g/mol. The van der Waals surface area contributed by atoms with Gasteiger partial charge in [-0.05, 0) is 50.2 Å². The second-order valence-corrected chi connectivity index (χ2v) is 12.6. The van der Waals surface area contributed by atoms with Crippen LogP contribution in [0.5, 0.6) is 0 Å². The highest BCUT2D eigenvalue weighted by atomic mass is 32.2. The first-order chi connectivity index (χ1) is 17.6. The molecule has 0 aromatic heterocycles. The first-order valence-corrected chi connectivity index (χ1v) is 14.2. The Hall–Kier alpha value is -2.32. The van der Waals surface area contributed by atoms with Crippen LogP contribution in [0.1, 0.15) is 45.2 Å². The fourth-order valence-corrected chi connectivity index (χ4v) is 9.41. The minimum Gasteiger partial charge on any atom is -0.466 e. The molecular formula is C29H40N2O5S. The second kappa shape index (κ2) is 10.4. The topological polar surface area (TPSA) is 87.2 Å². The van der Waals surface area contributed by atoms with Crippen LogP contribution >= 0.6 is 11.8 Å². The van der Waals surface area contributed by atoms with Crippen molar-refractivity contribution in [3.8, 4) is 0 Å². The normalized spacial score (nSPS) is 31.0. The van der Waals surface area contributed by atoms with Gasteiger partial charge in [0.2, 0.25) is 5.91 Å². The average molecular weight is 529 g/mol. The highest BCUT2D eigenvalue weighted by molar-refractivity contribution is 8.02. The number of aryl methyl sites for hydroxylation is 2. The van der Waals surface area contributed by atoms with Crippen molar-refractivity contribution in [2.24, 2.45) is 23.7 Å². The van der Waals surface area contributed by atoms with Gasteiger partial charge in [0.25, 0.3) is 5.91 Å². The number of fused-ring (bicyclic) bond motifs is 1. The number of carbonyl (C=O) groups excluding carboxylic acids is 3. The van der Waals surface area contributed by atoms with Gasteiger partial charge in [-0.2, -0.15) is 0 Å². The molecule has 0 saturated carbocycles. The number of esters is 1. The molecule has 4 rings (SSSR count). The number of nitrogens with zero attached hydrogens (tertiary/aromatic N) is 2. The summed E-state index contributed by atoms with van der Waals surface area (Å²) in [4.78, 5) is 45.6. The summed E-state index contributed by atoms with van der Waals surface area (Å²) in [6.07, 6.45) is 2.45. The summed E-state index contributed by atoms with van der Waals surface area (Å²) in [6.45, 7) is 15.9. The predicted octanol–water partition coefficient (Wildman–Crippen LogP) is 3.74. The van der Waals surface area contributed by atoms with Crippen molar-refractivity contribution >= 4 is 35.2 Å². The van der Waals surface area contributed by atoms with Crippen molar-refractivity contribution in [2.45, 2.75) is 70.0 Å². The number of likely N-dealkylation sites (tertiary alicyclic amines) is 1. The van der Waals surface area contributed by atoms with Crippen LogP contribution in [-0.4, -0.2) is 69.6 Å². The number of para-hydroxylation sites is 1. The highest BCUT2D eigenvalue weighted by Gasteiger charge is 2.77. The average Bonchev–Trinajstić information content (AvgIpc) is 3.42. The van der Waals surface area contributed by atoms with Crippen LogP contribution in [0.4, 0.5) is 5.69 Å². The molecule has 3 aliphatic rings. The van der Waals surface area contributed by atoms with E-state index in [1.54, 1.807) is 34.6 Å². The zero-order valence-electron chi connectivity index (χ0n) is 22.8. The molecule has 0 radical (unpaired) electrons. The van der Waals surface area contributed by atoms with Crippen LogP contribution in [0.15, 0.2) is 30.9 Å². The van der Waals surface area contributed by atoms with E-state index in [0.717, 1.165) is 23.2 Å². The van der Waals surface area contributed by atoms with Crippen molar-refractivity contribution in [3.63, 3.8) is 0 Å². The van der Waals surface area contributed by atoms with Crippen LogP contribution in [0.2, 0.25) is 0 Å². The van der Waals surface area contributed by atoms with E-state index in [-0.39, 0.29) is 48.1 Å². The summed E-state index contributed by atoms with van der Waals surface area (Å²) in [5.41, 5.74) is 2.74. The standard InChI is InChI=1S/C29H40N2O5S/c1-8-13-30(24-17(5)11-10-12-18(24)6)27(34)25-29-19(7)14-21(37-29)22(28(35)36-9-2)23(29)26(33)31(25)20(15-32)16(3)4/h8,10-12,16,19-23,25,32H,1,9,13-15H2,2-7H3/t19?,20-,21-,22+,23-,25?,29?/m0/s1. The molecule has 3 fully saturated rings. The summed E-state index contributed by atoms with van der Waals surface area (Å²) < 4.78 is 4.67. The number of hydrogen-bond acceptors (Lipinski definition) is 6. The van der Waals surface area contributed by atoms with Gasteiger partial charge in [0, 0.05) is 17.5 Å². The Morgan fingerprint density at radius 2 is 1.97 bits per heavy atom. The number of hydrogen-bond donors (Lipinski definition) is 1. The Balaban J connectivity index is 1.91. The van der Waals surface area contributed by atoms with E-state index in [4.69, 9.17) is 4.74 Å². The molecule has 2 amide bonds. The van der Waals surface area contributed by atoms with E-state index < -0.39 is 28.7 Å². The maximum absolute atomic E-state index is 14.8. The van der Waals surface area contributed by atoms with Gasteiger partial charge in [0.15, 0.2) is 0 Å². The van der Waals surface area contributed by atoms with E-state index in [1.807, 2.05) is 45.9 Å². The van der Waals surface area contributed by atoms with Gasteiger partial charge in [0.05, 0.1) is 35.8 Å². The summed E-state index contributed by atoms with van der Waals surface area (Å²) >= 11 is 1.62. The first-order valence-electron chi connectivity index (χ1n) is 13.3. The molecule has 3 aliphatic heterocycles. The van der Waals surface area contributed by atoms with Gasteiger partial charge in [-0.25, -0.2) is 0 Å². The van der Waals surface area contributed by atoms with Gasteiger partial charge >= 0.3 is 5.97 Å². The Kier molecular flexibility index (Phi) is 7.82. The lowest BCUT2D eigenvalue weighted by atomic mass is 9.66. The quantitative estimate of drug-likeness (QED) is 0.388. The van der Waals surface area contributed by atoms with Crippen LogP contribution < -0.4 is 4.90 Å². The Morgan fingerprint density at radius 1 is 1.32 bits per heavy atom. The maximum atomic E-state index is 14.8. The maximum Gasteiger partial charge on any atom is 0.310 e. The molecule has 2 bridgehead atoms. The lowest BCUT2D eigenvalue weighted by Gasteiger charge is -2.43. The Labute approximate surface area is 224 Å². The minimum atomic E-state index is -0.812. The molecule has 3 saturated heterocycles. The molecule has 37 heavy (non-hydrogen) atoms. The molecule has 1 spiro atoms. The summed E-state index contributed by atoms with van der Waals surface area (Å²) in [7, 11) is 0. The fourth-order valence-electron chi connectivity index (χ4n) is 7.02. The van der Waals surface area contributed by atoms with Gasteiger partial charge < -0.3 is 19.6 Å². The van der Waals surface area contributed by atoms with Crippen LogP contribution in [0.25, 0.3) is 0 Å². The van der Waals surface area contributed by atoms with Crippen molar-refractivity contribution < 1.29 is 24.2 Å². The number of aliphatic hydroxyl groups is 1. The number of benzene rings is 1. The molecule has 3 heterocycles. The van der Waals surface area contributed by atoms with Gasteiger partial charge in [-0.15, -0.1) is 18.3 Å². The third kappa shape index (κ3) is 4.11. The van der Waals surface area contributed by atoms with E-state index >= 15 is 0 Å². The first kappa shape index (κ1) is 27.7. The largest absolute Gasteiger partial charge is 0.466 e. The number of anilines is 1. The van der Waals surface area contributed by atoms with Crippen molar-refractivity contribution in [3.05, 3.63) is 42.0 Å². The molecule has 7 nitrogen and oxygen atoms in total. The third-order valence-electron chi connectivity index (χ3n) is 8.58. The molecule has 7 atom stereocenters. The van der Waals surface area contributed by atoms with Gasteiger partial charge in [-0.3, -0.25) is 14.4 Å². The summed E-state index contributed by atoms with van der Waals surface area (Å²) in [6, 6.07) is 4.56. The van der Waals surface area contributed by atoms with Crippen molar-refractivity contribution in [1.29, 1.82) is 0 Å². The van der Waals surface area contributed by atoms with E-state index in [1.165, 1.54) is 0 Å². The zero-order valence-corrected chi connectivity index (χ0v) is 23.6. The number of amides is 2. The molecule has 8 heteroatoms. The van der Waals surface area contributed by atoms with Gasteiger partial charge in [0.1, 0.15) is 6.04 Å². The SMILES string of the molecule is C=CCN(C(=O)C1N([C@@H](CO)C(C)C)C(=O)[C@@H]2[C@H](C(=O)OCC)[C@@H]3CC(C)C12S3)c1c(C)cccc1C. The summed E-state index contributed by atoms with van der Waals surface area (Å²) in [5.74, 6) is -2.04. The van der Waals surface area contributed by atoms with Crippen molar-refractivity contribution in [2.75, 3.05) is 24.7 Å². The molecule has 1 aromatic rings. The number of ether oxygens (including phenoxy) is 1. The van der Waals surface area contributed by atoms with Crippen LogP contribution in [0, 0.1) is 37.5 Å². The zero-order chi connectivity index (χ0) is 27.2. The second-order valence-electron chi connectivity index (χ2n) is 11.0. The minimum absolute atomic E-state index is 0.0381. The number of carbonyl (C=O) groups is 3. The van der Waals surface area contributed by atoms with Crippen LogP contribution in [-0.2, 0) is 19.1 Å². The summed E-state index contributed by atoms with van der Waals surface area (Å²) in [5, 5.41) is 10.4. The fraction of sp³-hybridized carbons (Fsp3) is 0.621. The molecule has 1 aromatic carbocycles. The number of rotatable bonds is 9. The lowest BCUT2D eigenvalue weighted by Crippen LogP contribution is -2.60. The Morgan fingerprint density at radius 3 is 2.51 bits per heavy atom. The van der Waals surface area contributed by atoms with E-state index in [0.29, 0.717) is 6.54 Å². The molecule has 3 unspecified atom stereocenters. The van der Waals surface area contributed by atoms with Gasteiger partial charge in [-0.1, -0.05) is 45.0 Å². The molecule has 1 N–H and O–H groups in total. The highest BCUT2D eigenvalue weighted by Crippen LogP contribution is 2.69. The lowest BCUT2D eigenvalue weighted by molar-refractivity contribution is -0.154. The van der Waals surface area contributed by atoms with E-state index in [2.05, 4.69) is 13.5 Å². The third-order valence-corrected chi connectivity index (χ3v) is 10.7. The number of aliphatic hydroxyl groups excluding tert-OH is 1. The van der Waals surface area contributed by atoms with Crippen LogP contribution in [0.3, 0.4) is 0 Å². The monoisotopic (exact) mass is 528 g/mol. The predicted molar refractivity (Wildman–Crippen MR) is 146 cm³/mol. The van der Waals surface area contributed by atoms with E-state index in [9.17, 15) is 19.5 Å². The Bertz CT molecular complexity index is 1070. The smallest absolute Gasteiger partial charge is 0.310 e. The number of thioether (sulfide) groups is 1. The van der Waals surface area contributed by atoms with Crippen molar-refractivity contribution in [1.82, 2.24) is 4.90 Å².